The maximum atomic E-state index is 5.42. The Balaban J connectivity index is 0.00000312. The van der Waals surface area contributed by atoms with Gasteiger partial charge in [-0.25, -0.2) is 4.99 Å². The van der Waals surface area contributed by atoms with E-state index in [0.29, 0.717) is 13.1 Å². The van der Waals surface area contributed by atoms with Crippen molar-refractivity contribution in [3.05, 3.63) is 47.3 Å². The Kier molecular flexibility index (Phi) is 9.33. The molecule has 0 radical (unpaired) electrons. The average Bonchev–Trinajstić information content (AvgIpc) is 3.07. The molecule has 0 fully saturated rings. The molecule has 0 unspecified atom stereocenters. The van der Waals surface area contributed by atoms with Crippen LogP contribution in [0.25, 0.3) is 0 Å². The summed E-state index contributed by atoms with van der Waals surface area (Å²) in [7, 11) is 3.69. The largest absolute Gasteiger partial charge is 0.496 e. The molecule has 0 aliphatic carbocycles. The maximum absolute atomic E-state index is 5.42. The number of aromatic nitrogens is 1. The number of hydrogen-bond donors (Lipinski definition) is 1. The van der Waals surface area contributed by atoms with Crippen molar-refractivity contribution in [1.82, 2.24) is 15.4 Å². The van der Waals surface area contributed by atoms with Crippen molar-refractivity contribution in [2.24, 2.45) is 4.99 Å². The number of ether oxygens (including phenoxy) is 1. The zero-order chi connectivity index (χ0) is 17.4. The molecule has 2 rings (SSSR count). The van der Waals surface area contributed by atoms with Gasteiger partial charge >= 0.3 is 0 Å². The van der Waals surface area contributed by atoms with Gasteiger partial charge in [-0.05, 0) is 19.4 Å². The Morgan fingerprint density at radius 2 is 2.08 bits per heavy atom. The Hall–Kier alpha value is -1.77. The van der Waals surface area contributed by atoms with Crippen molar-refractivity contribution in [1.29, 1.82) is 0 Å². The lowest BCUT2D eigenvalue weighted by molar-refractivity contribution is 0.377. The van der Waals surface area contributed by atoms with Gasteiger partial charge in [0, 0.05) is 31.8 Å². The Morgan fingerprint density at radius 3 is 2.72 bits per heavy atom. The molecule has 0 atom stereocenters. The molecule has 7 heteroatoms. The van der Waals surface area contributed by atoms with E-state index < -0.39 is 0 Å². The van der Waals surface area contributed by atoms with Gasteiger partial charge < -0.3 is 19.5 Å². The van der Waals surface area contributed by atoms with E-state index in [4.69, 9.17) is 9.26 Å². The first-order valence-electron chi connectivity index (χ1n) is 8.23. The van der Waals surface area contributed by atoms with E-state index >= 15 is 0 Å². The van der Waals surface area contributed by atoms with Crippen LogP contribution in [0.3, 0.4) is 0 Å². The molecular weight excluding hydrogens is 431 g/mol. The van der Waals surface area contributed by atoms with Crippen LogP contribution in [0.2, 0.25) is 0 Å². The quantitative estimate of drug-likeness (QED) is 0.391. The topological polar surface area (TPSA) is 62.9 Å². The summed E-state index contributed by atoms with van der Waals surface area (Å²) in [5.41, 5.74) is 2.06. The van der Waals surface area contributed by atoms with Crippen LogP contribution < -0.4 is 10.1 Å². The Morgan fingerprint density at radius 1 is 1.32 bits per heavy atom. The molecule has 0 amide bonds. The predicted octanol–water partition coefficient (Wildman–Crippen LogP) is 3.46. The van der Waals surface area contributed by atoms with E-state index in [1.165, 1.54) is 0 Å². The Labute approximate surface area is 166 Å². The number of para-hydroxylation sites is 1. The van der Waals surface area contributed by atoms with E-state index in [-0.39, 0.29) is 24.0 Å². The molecule has 1 aromatic carbocycles. The minimum Gasteiger partial charge on any atom is -0.496 e. The first-order chi connectivity index (χ1) is 11.7. The molecule has 0 bridgehead atoms. The smallest absolute Gasteiger partial charge is 0.194 e. The van der Waals surface area contributed by atoms with Crippen molar-refractivity contribution in [2.75, 3.05) is 20.7 Å². The maximum Gasteiger partial charge on any atom is 0.194 e. The summed E-state index contributed by atoms with van der Waals surface area (Å²) < 4.78 is 10.7. The molecule has 0 aliphatic heterocycles. The SMILES string of the molecule is CCNC(=NCc1cc(CC)no1)N(C)Cc1ccccc1OC.I. The molecule has 138 valence electrons. The van der Waals surface area contributed by atoms with E-state index in [9.17, 15) is 0 Å². The molecule has 2 aromatic rings. The van der Waals surface area contributed by atoms with Crippen LogP contribution >= 0.6 is 24.0 Å². The lowest BCUT2D eigenvalue weighted by atomic mass is 10.2. The molecule has 25 heavy (non-hydrogen) atoms. The second-order valence-electron chi connectivity index (χ2n) is 5.48. The van der Waals surface area contributed by atoms with Crippen LogP contribution in [-0.2, 0) is 19.5 Å². The second-order valence-corrected chi connectivity index (χ2v) is 5.48. The summed E-state index contributed by atoms with van der Waals surface area (Å²) in [6.07, 6.45) is 0.862. The molecule has 0 saturated heterocycles. The molecule has 0 aliphatic rings. The van der Waals surface area contributed by atoms with Crippen LogP contribution in [0.1, 0.15) is 30.9 Å². The minimum absolute atomic E-state index is 0. The standard InChI is InChI=1S/C18H26N4O2.HI/c1-5-15-11-16(24-21-15)12-20-18(19-6-2)22(3)13-14-9-7-8-10-17(14)23-4;/h7-11H,5-6,12-13H2,1-4H3,(H,19,20);1H. The third kappa shape index (κ3) is 6.22. The number of hydrogen-bond acceptors (Lipinski definition) is 4. The summed E-state index contributed by atoms with van der Waals surface area (Å²) in [4.78, 5) is 6.71. The molecular formula is C18H27IN4O2. The zero-order valence-corrected chi connectivity index (χ0v) is 17.6. The summed E-state index contributed by atoms with van der Waals surface area (Å²) in [5.74, 6) is 2.47. The Bertz CT molecular complexity index is 673. The second kappa shape index (κ2) is 11.0. The number of methoxy groups -OCH3 is 1. The summed E-state index contributed by atoms with van der Waals surface area (Å²) in [5, 5.41) is 7.30. The predicted molar refractivity (Wildman–Crippen MR) is 111 cm³/mol. The highest BCUT2D eigenvalue weighted by atomic mass is 127. The third-order valence-corrected chi connectivity index (χ3v) is 3.65. The van der Waals surface area contributed by atoms with E-state index in [0.717, 1.165) is 41.7 Å². The number of rotatable bonds is 7. The first-order valence-corrected chi connectivity index (χ1v) is 8.23. The molecule has 1 aromatic heterocycles. The molecule has 1 heterocycles. The summed E-state index contributed by atoms with van der Waals surface area (Å²) in [6.45, 7) is 6.07. The summed E-state index contributed by atoms with van der Waals surface area (Å²) in [6, 6.07) is 9.96. The molecule has 0 saturated carbocycles. The van der Waals surface area contributed by atoms with Crippen molar-refractivity contribution < 1.29 is 9.26 Å². The van der Waals surface area contributed by atoms with Gasteiger partial charge in [0.2, 0.25) is 0 Å². The number of guanidine groups is 1. The molecule has 1 N–H and O–H groups in total. The number of aliphatic imine (C=N–C) groups is 1. The van der Waals surface area contributed by atoms with E-state index in [1.54, 1.807) is 7.11 Å². The molecule has 0 spiro atoms. The first kappa shape index (κ1) is 21.3. The van der Waals surface area contributed by atoms with Gasteiger partial charge in [0.25, 0.3) is 0 Å². The number of benzene rings is 1. The minimum atomic E-state index is 0. The van der Waals surface area contributed by atoms with Gasteiger partial charge in [0.1, 0.15) is 12.3 Å². The number of halogens is 1. The van der Waals surface area contributed by atoms with Gasteiger partial charge in [-0.2, -0.15) is 0 Å². The van der Waals surface area contributed by atoms with Crippen LogP contribution in [0.5, 0.6) is 5.75 Å². The third-order valence-electron chi connectivity index (χ3n) is 3.65. The van der Waals surface area contributed by atoms with Gasteiger partial charge in [-0.1, -0.05) is 30.3 Å². The number of nitrogens with one attached hydrogen (secondary N) is 1. The lowest BCUT2D eigenvalue weighted by Gasteiger charge is -2.23. The monoisotopic (exact) mass is 458 g/mol. The lowest BCUT2D eigenvalue weighted by Crippen LogP contribution is -2.38. The van der Waals surface area contributed by atoms with Gasteiger partial charge in [0.05, 0.1) is 12.8 Å². The number of aryl methyl sites for hydroxylation is 1. The van der Waals surface area contributed by atoms with Crippen LogP contribution in [0, 0.1) is 0 Å². The summed E-state index contributed by atoms with van der Waals surface area (Å²) >= 11 is 0. The normalized spacial score (nSPS) is 11.0. The molecule has 6 nitrogen and oxygen atoms in total. The highest BCUT2D eigenvalue weighted by Gasteiger charge is 2.10. The zero-order valence-electron chi connectivity index (χ0n) is 15.3. The van der Waals surface area contributed by atoms with E-state index in [1.807, 2.05) is 31.3 Å². The van der Waals surface area contributed by atoms with Gasteiger partial charge in [-0.15, -0.1) is 24.0 Å². The fraction of sp³-hybridized carbons (Fsp3) is 0.444. The number of nitrogens with zero attached hydrogens (tertiary/aromatic N) is 3. The highest BCUT2D eigenvalue weighted by molar-refractivity contribution is 14.0. The van der Waals surface area contributed by atoms with Gasteiger partial charge in [-0.3, -0.25) is 0 Å². The van der Waals surface area contributed by atoms with Crippen LogP contribution in [-0.4, -0.2) is 36.7 Å². The highest BCUT2D eigenvalue weighted by Crippen LogP contribution is 2.18. The van der Waals surface area contributed by atoms with Gasteiger partial charge in [0.15, 0.2) is 11.7 Å². The van der Waals surface area contributed by atoms with E-state index in [2.05, 4.69) is 40.3 Å². The van der Waals surface area contributed by atoms with Crippen molar-refractivity contribution in [3.63, 3.8) is 0 Å². The van der Waals surface area contributed by atoms with Crippen molar-refractivity contribution in [2.45, 2.75) is 33.4 Å². The van der Waals surface area contributed by atoms with Crippen LogP contribution in [0.15, 0.2) is 39.8 Å². The average molecular weight is 458 g/mol. The van der Waals surface area contributed by atoms with Crippen molar-refractivity contribution >= 4 is 29.9 Å². The van der Waals surface area contributed by atoms with Crippen molar-refractivity contribution in [3.8, 4) is 5.75 Å². The van der Waals surface area contributed by atoms with Crippen LogP contribution in [0.4, 0.5) is 0 Å². The fourth-order valence-electron chi connectivity index (χ4n) is 2.38. The fourth-order valence-corrected chi connectivity index (χ4v) is 2.38.